The van der Waals surface area contributed by atoms with Gasteiger partial charge in [0.2, 0.25) is 0 Å². The lowest BCUT2D eigenvalue weighted by Crippen LogP contribution is -2.29. The number of carboxylic acid groups (broad SMARTS) is 1. The topological polar surface area (TPSA) is 100 Å². The van der Waals surface area contributed by atoms with Crippen LogP contribution in [0.5, 0.6) is 11.5 Å². The highest BCUT2D eigenvalue weighted by Crippen LogP contribution is 2.33. The Balaban J connectivity index is 1.80. The number of thioether (sulfide) groups is 1. The molecule has 2 aromatic carbocycles. The van der Waals surface area contributed by atoms with Crippen LogP contribution in [0.25, 0.3) is 6.08 Å². The molecule has 1 N–H and O–H groups in total. The minimum atomic E-state index is -1.34. The Kier molecular flexibility index (Phi) is 6.23. The Labute approximate surface area is 170 Å². The standard InChI is InChI=1S/C19H15ClN2O5S/c1-26-15-8-11(6-7-14(15)27-10-17(23)24)9-16-18(25)22-19(28-16)21-13-5-3-2-4-12(13)20/h2-9H,10H2,1H3,(H,23,24)(H,21,22,25)/p-1/b16-9+. The predicted molar refractivity (Wildman–Crippen MR) is 106 cm³/mol. The number of nitrogens with one attached hydrogen (secondary N) is 1. The van der Waals surface area contributed by atoms with E-state index < -0.39 is 12.6 Å². The van der Waals surface area contributed by atoms with Gasteiger partial charge in [-0.1, -0.05) is 29.8 Å². The van der Waals surface area contributed by atoms with E-state index in [0.717, 1.165) is 0 Å². The number of methoxy groups -OCH3 is 1. The minimum absolute atomic E-state index is 0.262. The number of carbonyl (C=O) groups excluding carboxylic acids is 2. The van der Waals surface area contributed by atoms with E-state index >= 15 is 0 Å². The first-order valence-electron chi connectivity index (χ1n) is 8.01. The summed E-state index contributed by atoms with van der Waals surface area (Å²) < 4.78 is 10.3. The lowest BCUT2D eigenvalue weighted by atomic mass is 10.2. The molecule has 0 saturated carbocycles. The average Bonchev–Trinajstić information content (AvgIpc) is 3.01. The summed E-state index contributed by atoms with van der Waals surface area (Å²) in [6, 6.07) is 11.9. The van der Waals surface area contributed by atoms with Crippen LogP contribution in [0.4, 0.5) is 5.69 Å². The third-order valence-electron chi connectivity index (χ3n) is 3.56. The van der Waals surface area contributed by atoms with Crippen LogP contribution in [0.3, 0.4) is 0 Å². The second-order valence-corrected chi connectivity index (χ2v) is 6.94. The Morgan fingerprint density at radius 3 is 2.79 bits per heavy atom. The van der Waals surface area contributed by atoms with Crippen molar-refractivity contribution in [3.63, 3.8) is 0 Å². The summed E-state index contributed by atoms with van der Waals surface area (Å²) in [4.78, 5) is 27.6. The van der Waals surface area contributed by atoms with Crippen molar-refractivity contribution < 1.29 is 24.2 Å². The fraction of sp³-hybridized carbons (Fsp3) is 0.105. The maximum atomic E-state index is 12.2. The molecule has 1 heterocycles. The third kappa shape index (κ3) is 4.85. The first-order chi connectivity index (χ1) is 13.5. The summed E-state index contributed by atoms with van der Waals surface area (Å²) in [6.45, 7) is -0.586. The molecule has 0 atom stereocenters. The minimum Gasteiger partial charge on any atom is -0.546 e. The number of carbonyl (C=O) groups is 2. The van der Waals surface area contributed by atoms with Crippen LogP contribution in [-0.4, -0.2) is 30.8 Å². The predicted octanol–water partition coefficient (Wildman–Crippen LogP) is 2.37. The van der Waals surface area contributed by atoms with E-state index in [1.165, 1.54) is 18.9 Å². The molecule has 0 unspecified atom stereocenters. The lowest BCUT2D eigenvalue weighted by molar-refractivity contribution is -0.307. The first-order valence-corrected chi connectivity index (χ1v) is 9.20. The Morgan fingerprint density at radius 1 is 1.29 bits per heavy atom. The largest absolute Gasteiger partial charge is 0.546 e. The van der Waals surface area contributed by atoms with Crippen molar-refractivity contribution in [2.75, 3.05) is 13.7 Å². The fourth-order valence-electron chi connectivity index (χ4n) is 2.31. The molecule has 28 heavy (non-hydrogen) atoms. The smallest absolute Gasteiger partial charge is 0.264 e. The van der Waals surface area contributed by atoms with Gasteiger partial charge < -0.3 is 24.7 Å². The molecule has 2 aromatic rings. The van der Waals surface area contributed by atoms with Gasteiger partial charge in [-0.2, -0.15) is 0 Å². The molecule has 1 saturated heterocycles. The molecule has 7 nitrogen and oxygen atoms in total. The van der Waals surface area contributed by atoms with Crippen LogP contribution >= 0.6 is 23.4 Å². The molecule has 1 aliphatic heterocycles. The molecule has 0 spiro atoms. The van der Waals surface area contributed by atoms with Gasteiger partial charge in [0, 0.05) is 0 Å². The van der Waals surface area contributed by atoms with Crippen molar-refractivity contribution in [2.45, 2.75) is 0 Å². The van der Waals surface area contributed by atoms with Crippen LogP contribution in [0.1, 0.15) is 5.56 Å². The summed E-state index contributed by atoms with van der Waals surface area (Å²) in [5.41, 5.74) is 1.23. The summed E-state index contributed by atoms with van der Waals surface area (Å²) in [6.07, 6.45) is 1.67. The fourth-order valence-corrected chi connectivity index (χ4v) is 3.33. The molecule has 1 amide bonds. The summed E-state index contributed by atoms with van der Waals surface area (Å²) >= 11 is 7.27. The molecule has 144 valence electrons. The normalized spacial score (nSPS) is 16.3. The van der Waals surface area contributed by atoms with Gasteiger partial charge in [-0.15, -0.1) is 0 Å². The highest BCUT2D eigenvalue weighted by Gasteiger charge is 2.24. The summed E-state index contributed by atoms with van der Waals surface area (Å²) in [7, 11) is 1.43. The molecule has 1 aliphatic rings. The van der Waals surface area contributed by atoms with Crippen molar-refractivity contribution in [3.05, 3.63) is 58.0 Å². The van der Waals surface area contributed by atoms with E-state index in [1.807, 2.05) is 0 Å². The molecule has 0 bridgehead atoms. The molecule has 3 rings (SSSR count). The van der Waals surface area contributed by atoms with Gasteiger partial charge in [0.15, 0.2) is 16.7 Å². The van der Waals surface area contributed by atoms with E-state index in [0.29, 0.717) is 32.1 Å². The van der Waals surface area contributed by atoms with Gasteiger partial charge >= 0.3 is 0 Å². The van der Waals surface area contributed by atoms with Crippen LogP contribution < -0.4 is 19.9 Å². The van der Waals surface area contributed by atoms with Crippen LogP contribution in [0.2, 0.25) is 5.02 Å². The maximum absolute atomic E-state index is 12.2. The van der Waals surface area contributed by atoms with Gasteiger partial charge in [-0.3, -0.25) is 4.79 Å². The zero-order valence-corrected chi connectivity index (χ0v) is 16.2. The number of ether oxygens (including phenoxy) is 2. The number of hydrogen-bond acceptors (Lipinski definition) is 7. The number of halogens is 1. The number of nitrogens with zero attached hydrogens (tertiary/aromatic N) is 1. The number of para-hydroxylation sites is 1. The van der Waals surface area contributed by atoms with E-state index in [-0.39, 0.29) is 11.7 Å². The highest BCUT2D eigenvalue weighted by atomic mass is 35.5. The number of benzene rings is 2. The molecule has 9 heteroatoms. The van der Waals surface area contributed by atoms with Crippen molar-refractivity contribution in [1.29, 1.82) is 0 Å². The Morgan fingerprint density at radius 2 is 2.07 bits per heavy atom. The van der Waals surface area contributed by atoms with E-state index in [2.05, 4.69) is 10.3 Å². The van der Waals surface area contributed by atoms with Gasteiger partial charge in [0.05, 0.1) is 28.7 Å². The number of aliphatic carboxylic acids is 1. The molecular weight excluding hydrogens is 404 g/mol. The van der Waals surface area contributed by atoms with Gasteiger partial charge in [-0.05, 0) is 47.7 Å². The third-order valence-corrected chi connectivity index (χ3v) is 4.79. The van der Waals surface area contributed by atoms with Crippen LogP contribution in [0, 0.1) is 0 Å². The quantitative estimate of drug-likeness (QED) is 0.724. The van der Waals surface area contributed by atoms with E-state index in [9.17, 15) is 14.7 Å². The summed E-state index contributed by atoms with van der Waals surface area (Å²) in [5.74, 6) is -1.02. The van der Waals surface area contributed by atoms with Crippen molar-refractivity contribution >= 4 is 52.2 Å². The molecule has 0 aliphatic carbocycles. The van der Waals surface area contributed by atoms with E-state index in [4.69, 9.17) is 21.1 Å². The van der Waals surface area contributed by atoms with Crippen molar-refractivity contribution in [1.82, 2.24) is 5.32 Å². The lowest BCUT2D eigenvalue weighted by Gasteiger charge is -2.11. The van der Waals surface area contributed by atoms with Crippen molar-refractivity contribution in [3.8, 4) is 11.5 Å². The molecule has 0 radical (unpaired) electrons. The SMILES string of the molecule is COc1cc(/C=C2/SC(=Nc3ccccc3Cl)NC2=O)ccc1OCC(=O)[O-]. The van der Waals surface area contributed by atoms with Crippen LogP contribution in [0.15, 0.2) is 52.4 Å². The van der Waals surface area contributed by atoms with Gasteiger partial charge in [0.1, 0.15) is 6.61 Å². The number of carboxylic acids is 1. The van der Waals surface area contributed by atoms with Crippen LogP contribution in [-0.2, 0) is 9.59 Å². The number of amidine groups is 1. The Bertz CT molecular complexity index is 990. The van der Waals surface area contributed by atoms with E-state index in [1.54, 1.807) is 48.5 Å². The second kappa shape index (κ2) is 8.81. The monoisotopic (exact) mass is 417 g/mol. The van der Waals surface area contributed by atoms with Crippen molar-refractivity contribution in [2.24, 2.45) is 4.99 Å². The number of rotatable bonds is 6. The first kappa shape index (κ1) is 19.8. The van der Waals surface area contributed by atoms with Gasteiger partial charge in [-0.25, -0.2) is 4.99 Å². The molecule has 0 aromatic heterocycles. The molecular formula is C19H14ClN2O5S-. The zero-order chi connectivity index (χ0) is 20.1. The zero-order valence-electron chi connectivity index (χ0n) is 14.6. The second-order valence-electron chi connectivity index (χ2n) is 5.50. The number of amides is 1. The maximum Gasteiger partial charge on any atom is 0.264 e. The number of aliphatic imine (C=N–C) groups is 1. The Hall–Kier alpha value is -2.97. The van der Waals surface area contributed by atoms with Gasteiger partial charge in [0.25, 0.3) is 5.91 Å². The highest BCUT2D eigenvalue weighted by molar-refractivity contribution is 8.18. The summed E-state index contributed by atoms with van der Waals surface area (Å²) in [5, 5.41) is 14.1. The number of hydrogen-bond donors (Lipinski definition) is 1. The molecule has 1 fully saturated rings. The average molecular weight is 418 g/mol.